The first-order valence-corrected chi connectivity index (χ1v) is 7.35. The van der Waals surface area contributed by atoms with Gasteiger partial charge in [0.1, 0.15) is 0 Å². The summed E-state index contributed by atoms with van der Waals surface area (Å²) in [6, 6.07) is 6.19. The minimum absolute atomic E-state index is 0.695. The van der Waals surface area contributed by atoms with E-state index in [0.717, 1.165) is 21.8 Å². The van der Waals surface area contributed by atoms with Crippen LogP contribution in [0.2, 0.25) is 0 Å². The highest BCUT2D eigenvalue weighted by Gasteiger charge is 2.10. The quantitative estimate of drug-likeness (QED) is 0.598. The maximum Gasteiger partial charge on any atom is 0.208 e. The molecule has 0 unspecified atom stereocenters. The third-order valence-electron chi connectivity index (χ3n) is 2.40. The number of aromatic nitrogens is 2. The van der Waals surface area contributed by atoms with E-state index < -0.39 is 0 Å². The van der Waals surface area contributed by atoms with Crippen LogP contribution in [0.3, 0.4) is 0 Å². The van der Waals surface area contributed by atoms with Crippen LogP contribution < -0.4 is 5.32 Å². The van der Waals surface area contributed by atoms with Gasteiger partial charge in [0.15, 0.2) is 0 Å². The van der Waals surface area contributed by atoms with E-state index in [4.69, 9.17) is 0 Å². The Bertz CT molecular complexity index is 578. The van der Waals surface area contributed by atoms with Crippen LogP contribution in [0.25, 0.3) is 5.69 Å². The molecule has 0 amide bonds. The molecule has 0 aliphatic rings. The molecular formula is C13H13BrIN3. The lowest BCUT2D eigenvalue weighted by molar-refractivity contribution is 1.03. The van der Waals surface area contributed by atoms with Crippen LogP contribution >= 0.6 is 38.5 Å². The highest BCUT2D eigenvalue weighted by molar-refractivity contribution is 14.1. The van der Waals surface area contributed by atoms with E-state index in [0.29, 0.717) is 6.54 Å². The van der Waals surface area contributed by atoms with Gasteiger partial charge in [-0.1, -0.05) is 22.0 Å². The van der Waals surface area contributed by atoms with Crippen LogP contribution in [0.15, 0.2) is 41.5 Å². The molecule has 1 N–H and O–H groups in total. The van der Waals surface area contributed by atoms with E-state index in [1.165, 1.54) is 3.57 Å². The number of hydrogen-bond donors (Lipinski definition) is 1. The van der Waals surface area contributed by atoms with E-state index in [-0.39, 0.29) is 0 Å². The number of nitrogens with one attached hydrogen (secondary N) is 1. The second kappa shape index (κ2) is 5.88. The highest BCUT2D eigenvalue weighted by atomic mass is 127. The van der Waals surface area contributed by atoms with Crippen molar-refractivity contribution in [2.75, 3.05) is 11.9 Å². The van der Waals surface area contributed by atoms with Gasteiger partial charge >= 0.3 is 0 Å². The van der Waals surface area contributed by atoms with Crippen LogP contribution in [0.1, 0.15) is 5.69 Å². The Hall–Kier alpha value is -0.820. The average Bonchev–Trinajstić information content (AvgIpc) is 2.71. The van der Waals surface area contributed by atoms with Crippen molar-refractivity contribution in [1.29, 1.82) is 0 Å². The molecule has 2 aromatic rings. The number of benzene rings is 1. The van der Waals surface area contributed by atoms with Gasteiger partial charge in [-0.25, -0.2) is 4.98 Å². The average molecular weight is 418 g/mol. The Balaban J connectivity index is 2.48. The summed E-state index contributed by atoms with van der Waals surface area (Å²) < 4.78 is 4.29. The lowest BCUT2D eigenvalue weighted by atomic mass is 10.3. The smallest absolute Gasteiger partial charge is 0.208 e. The van der Waals surface area contributed by atoms with Crippen LogP contribution in [-0.2, 0) is 0 Å². The molecule has 1 aromatic heterocycles. The van der Waals surface area contributed by atoms with Gasteiger partial charge in [0.2, 0.25) is 5.95 Å². The Labute approximate surface area is 129 Å². The third kappa shape index (κ3) is 2.95. The first kappa shape index (κ1) is 13.6. The third-order valence-corrected chi connectivity index (χ3v) is 3.80. The predicted octanol–water partition coefficient (Wildman–Crippen LogP) is 4.15. The monoisotopic (exact) mass is 417 g/mol. The molecule has 2 rings (SSSR count). The van der Waals surface area contributed by atoms with Gasteiger partial charge in [-0.2, -0.15) is 0 Å². The fraction of sp³-hybridized carbons (Fsp3) is 0.154. The molecule has 1 aromatic carbocycles. The van der Waals surface area contributed by atoms with Crippen molar-refractivity contribution >= 4 is 44.5 Å². The van der Waals surface area contributed by atoms with Crippen LogP contribution in [0.4, 0.5) is 5.95 Å². The Morgan fingerprint density at radius 3 is 3.06 bits per heavy atom. The zero-order valence-electron chi connectivity index (χ0n) is 9.95. The lowest BCUT2D eigenvalue weighted by Crippen LogP contribution is -2.06. The number of anilines is 1. The van der Waals surface area contributed by atoms with Crippen molar-refractivity contribution in [2.45, 2.75) is 6.92 Å². The van der Waals surface area contributed by atoms with Gasteiger partial charge in [0, 0.05) is 20.8 Å². The van der Waals surface area contributed by atoms with Gasteiger partial charge in [-0.05, 0) is 47.7 Å². The summed E-state index contributed by atoms with van der Waals surface area (Å²) in [5, 5.41) is 3.24. The molecule has 0 atom stereocenters. The zero-order chi connectivity index (χ0) is 13.1. The van der Waals surface area contributed by atoms with Crippen molar-refractivity contribution in [2.24, 2.45) is 0 Å². The van der Waals surface area contributed by atoms with Crippen LogP contribution in [0.5, 0.6) is 0 Å². The molecular weight excluding hydrogens is 405 g/mol. The Morgan fingerprint density at radius 2 is 2.33 bits per heavy atom. The molecule has 0 radical (unpaired) electrons. The maximum atomic E-state index is 4.48. The van der Waals surface area contributed by atoms with Gasteiger partial charge in [0.05, 0.1) is 11.4 Å². The van der Waals surface area contributed by atoms with E-state index in [9.17, 15) is 0 Å². The first-order chi connectivity index (χ1) is 8.61. The highest BCUT2D eigenvalue weighted by Crippen LogP contribution is 2.25. The number of aryl methyl sites for hydroxylation is 1. The Kier molecular flexibility index (Phi) is 4.45. The van der Waals surface area contributed by atoms with E-state index in [1.54, 1.807) is 0 Å². The standard InChI is InChI=1S/C13H13BrIN3/c1-3-6-16-13-17-9(2)8-18(13)12-7-10(14)4-5-11(12)15/h3-5,7-8H,1,6H2,2H3,(H,16,17). The Morgan fingerprint density at radius 1 is 1.56 bits per heavy atom. The van der Waals surface area contributed by atoms with Gasteiger partial charge < -0.3 is 5.32 Å². The molecule has 0 aliphatic carbocycles. The minimum Gasteiger partial charge on any atom is -0.352 e. The van der Waals surface area contributed by atoms with Crippen LogP contribution in [0, 0.1) is 10.5 Å². The molecule has 0 bridgehead atoms. The molecule has 0 saturated heterocycles. The molecule has 0 saturated carbocycles. The number of halogens is 2. The number of imidazole rings is 1. The van der Waals surface area contributed by atoms with Crippen molar-refractivity contribution in [3.63, 3.8) is 0 Å². The SMILES string of the molecule is C=CCNc1nc(C)cn1-c1cc(Br)ccc1I. The van der Waals surface area contributed by atoms with E-state index in [2.05, 4.69) is 72.1 Å². The van der Waals surface area contributed by atoms with E-state index in [1.807, 2.05) is 25.3 Å². The minimum atomic E-state index is 0.695. The van der Waals surface area contributed by atoms with Crippen molar-refractivity contribution in [3.8, 4) is 5.69 Å². The normalized spacial score (nSPS) is 10.4. The summed E-state index contributed by atoms with van der Waals surface area (Å²) in [7, 11) is 0. The van der Waals surface area contributed by atoms with Gasteiger partial charge in [-0.15, -0.1) is 6.58 Å². The molecule has 3 nitrogen and oxygen atoms in total. The lowest BCUT2D eigenvalue weighted by Gasteiger charge is -2.10. The number of hydrogen-bond acceptors (Lipinski definition) is 2. The second-order valence-corrected chi connectivity index (χ2v) is 5.92. The second-order valence-electron chi connectivity index (χ2n) is 3.84. The summed E-state index contributed by atoms with van der Waals surface area (Å²) in [5.41, 5.74) is 2.09. The molecule has 18 heavy (non-hydrogen) atoms. The molecule has 5 heteroatoms. The summed E-state index contributed by atoms with van der Waals surface area (Å²) >= 11 is 5.83. The zero-order valence-corrected chi connectivity index (χ0v) is 13.7. The van der Waals surface area contributed by atoms with Crippen molar-refractivity contribution in [1.82, 2.24) is 9.55 Å². The molecule has 0 fully saturated rings. The van der Waals surface area contributed by atoms with Gasteiger partial charge in [0.25, 0.3) is 0 Å². The van der Waals surface area contributed by atoms with Crippen molar-refractivity contribution < 1.29 is 0 Å². The summed E-state index contributed by atoms with van der Waals surface area (Å²) in [6.45, 7) is 6.39. The summed E-state index contributed by atoms with van der Waals surface area (Å²) in [5.74, 6) is 0.836. The maximum absolute atomic E-state index is 4.48. The largest absolute Gasteiger partial charge is 0.352 e. The van der Waals surface area contributed by atoms with E-state index >= 15 is 0 Å². The first-order valence-electron chi connectivity index (χ1n) is 5.48. The molecule has 0 spiro atoms. The molecule has 1 heterocycles. The topological polar surface area (TPSA) is 29.9 Å². The van der Waals surface area contributed by atoms with Crippen LogP contribution in [-0.4, -0.2) is 16.1 Å². The molecule has 94 valence electrons. The van der Waals surface area contributed by atoms with Gasteiger partial charge in [-0.3, -0.25) is 4.57 Å². The predicted molar refractivity (Wildman–Crippen MR) is 87.4 cm³/mol. The fourth-order valence-electron chi connectivity index (χ4n) is 1.64. The fourth-order valence-corrected chi connectivity index (χ4v) is 2.58. The summed E-state index contributed by atoms with van der Waals surface area (Å²) in [4.78, 5) is 4.48. The number of rotatable bonds is 4. The number of nitrogens with zero attached hydrogens (tertiary/aromatic N) is 2. The summed E-state index contributed by atoms with van der Waals surface area (Å²) in [6.07, 6.45) is 3.84. The molecule has 0 aliphatic heterocycles. The van der Waals surface area contributed by atoms with Crippen molar-refractivity contribution in [3.05, 3.63) is 50.8 Å².